The van der Waals surface area contributed by atoms with Crippen molar-refractivity contribution in [3.8, 4) is 0 Å². The van der Waals surface area contributed by atoms with E-state index in [4.69, 9.17) is 0 Å². The van der Waals surface area contributed by atoms with Gasteiger partial charge in [-0.05, 0) is 19.3 Å². The number of aromatic nitrogens is 2. The van der Waals surface area contributed by atoms with E-state index >= 15 is 0 Å². The zero-order valence-electron chi connectivity index (χ0n) is 10.3. The molecule has 0 aliphatic heterocycles. The molecule has 0 radical (unpaired) electrons. The Morgan fingerprint density at radius 1 is 1.40 bits per heavy atom. The summed E-state index contributed by atoms with van der Waals surface area (Å²) in [6.45, 7) is 10.8. The molecule has 86 valence electrons. The lowest BCUT2D eigenvalue weighted by molar-refractivity contribution is 0.383. The van der Waals surface area contributed by atoms with E-state index in [1.54, 1.807) is 0 Å². The minimum absolute atomic E-state index is 0.602. The van der Waals surface area contributed by atoms with Gasteiger partial charge in [-0.25, -0.2) is 4.98 Å². The fourth-order valence-electron chi connectivity index (χ4n) is 1.87. The Kier molecular flexibility index (Phi) is 4.82. The van der Waals surface area contributed by atoms with Crippen LogP contribution < -0.4 is 5.32 Å². The van der Waals surface area contributed by atoms with Crippen LogP contribution in [-0.2, 0) is 13.1 Å². The van der Waals surface area contributed by atoms with Gasteiger partial charge >= 0.3 is 0 Å². The van der Waals surface area contributed by atoms with Crippen LogP contribution in [0.4, 0.5) is 0 Å². The van der Waals surface area contributed by atoms with E-state index in [2.05, 4.69) is 42.6 Å². The van der Waals surface area contributed by atoms with Crippen molar-refractivity contribution >= 4 is 0 Å². The van der Waals surface area contributed by atoms with Crippen LogP contribution in [0.15, 0.2) is 12.5 Å². The molecule has 0 spiro atoms. The Bertz CT molecular complexity index is 278. The molecule has 1 heterocycles. The fourth-order valence-corrected chi connectivity index (χ4v) is 1.87. The average molecular weight is 209 g/mol. The summed E-state index contributed by atoms with van der Waals surface area (Å²) in [5.41, 5.74) is 1.27. The topological polar surface area (TPSA) is 29.9 Å². The number of nitrogens with zero attached hydrogens (tertiary/aromatic N) is 2. The van der Waals surface area contributed by atoms with Gasteiger partial charge in [0.05, 0.1) is 12.0 Å². The molecule has 0 aliphatic carbocycles. The Hall–Kier alpha value is -0.830. The number of hydrogen-bond acceptors (Lipinski definition) is 2. The molecular formula is C12H23N3. The third kappa shape index (κ3) is 3.34. The molecule has 0 fully saturated rings. The van der Waals surface area contributed by atoms with Crippen LogP contribution in [0.3, 0.4) is 0 Å². The first-order valence-corrected chi connectivity index (χ1v) is 5.91. The van der Waals surface area contributed by atoms with Crippen LogP contribution in [0.25, 0.3) is 0 Å². The molecule has 0 aliphatic rings. The molecule has 1 atom stereocenters. The molecule has 3 nitrogen and oxygen atoms in total. The van der Waals surface area contributed by atoms with Gasteiger partial charge in [-0.1, -0.05) is 20.8 Å². The van der Waals surface area contributed by atoms with Gasteiger partial charge in [0, 0.05) is 25.3 Å². The lowest BCUT2D eigenvalue weighted by atomic mass is 10.0. The summed E-state index contributed by atoms with van der Waals surface area (Å²) in [5.74, 6) is 0.688. The molecule has 0 amide bonds. The van der Waals surface area contributed by atoms with Gasteiger partial charge in [-0.15, -0.1) is 0 Å². The Balaban J connectivity index is 2.48. The minimum atomic E-state index is 0.602. The van der Waals surface area contributed by atoms with Crippen molar-refractivity contribution < 1.29 is 0 Å². The Morgan fingerprint density at radius 2 is 2.13 bits per heavy atom. The van der Waals surface area contributed by atoms with E-state index in [9.17, 15) is 0 Å². The number of hydrogen-bond donors (Lipinski definition) is 1. The van der Waals surface area contributed by atoms with Crippen LogP contribution in [0.1, 0.15) is 39.8 Å². The third-order valence-corrected chi connectivity index (χ3v) is 2.93. The van der Waals surface area contributed by atoms with Crippen molar-refractivity contribution in [2.75, 3.05) is 0 Å². The first-order valence-electron chi connectivity index (χ1n) is 5.91. The van der Waals surface area contributed by atoms with Gasteiger partial charge in [0.15, 0.2) is 0 Å². The molecule has 0 saturated heterocycles. The predicted molar refractivity (Wildman–Crippen MR) is 63.7 cm³/mol. The fraction of sp³-hybridized carbons (Fsp3) is 0.750. The van der Waals surface area contributed by atoms with Gasteiger partial charge in [0.2, 0.25) is 0 Å². The molecular weight excluding hydrogens is 186 g/mol. The van der Waals surface area contributed by atoms with Crippen LogP contribution in [0.5, 0.6) is 0 Å². The summed E-state index contributed by atoms with van der Waals surface area (Å²) >= 11 is 0. The van der Waals surface area contributed by atoms with Crippen LogP contribution in [0, 0.1) is 5.92 Å². The molecule has 0 saturated carbocycles. The number of aryl methyl sites for hydroxylation is 1. The van der Waals surface area contributed by atoms with E-state index in [-0.39, 0.29) is 0 Å². The lowest BCUT2D eigenvalue weighted by Crippen LogP contribution is -2.33. The standard InChI is InChI=1S/C12H23N3/c1-5-12(10(3)4)14-8-11-7-13-9-15(11)6-2/h7,9-10,12,14H,5-6,8H2,1-4H3. The summed E-state index contributed by atoms with van der Waals surface area (Å²) in [5, 5.41) is 3.59. The van der Waals surface area contributed by atoms with Crippen molar-refractivity contribution in [3.05, 3.63) is 18.2 Å². The number of nitrogens with one attached hydrogen (secondary N) is 1. The van der Waals surface area contributed by atoms with Crippen molar-refractivity contribution in [1.29, 1.82) is 0 Å². The van der Waals surface area contributed by atoms with Crippen molar-refractivity contribution in [2.24, 2.45) is 5.92 Å². The lowest BCUT2D eigenvalue weighted by Gasteiger charge is -2.20. The van der Waals surface area contributed by atoms with Crippen molar-refractivity contribution in [2.45, 2.75) is 53.2 Å². The third-order valence-electron chi connectivity index (χ3n) is 2.93. The molecule has 0 bridgehead atoms. The highest BCUT2D eigenvalue weighted by molar-refractivity contribution is 4.98. The van der Waals surface area contributed by atoms with E-state index in [0.717, 1.165) is 13.1 Å². The number of rotatable bonds is 6. The van der Waals surface area contributed by atoms with E-state index in [1.165, 1.54) is 12.1 Å². The second-order valence-electron chi connectivity index (χ2n) is 4.31. The summed E-state index contributed by atoms with van der Waals surface area (Å²) < 4.78 is 2.18. The maximum atomic E-state index is 4.16. The molecule has 1 N–H and O–H groups in total. The van der Waals surface area contributed by atoms with E-state index in [0.29, 0.717) is 12.0 Å². The maximum Gasteiger partial charge on any atom is 0.0948 e. The monoisotopic (exact) mass is 209 g/mol. The first kappa shape index (κ1) is 12.2. The number of imidazole rings is 1. The minimum Gasteiger partial charge on any atom is -0.334 e. The van der Waals surface area contributed by atoms with Gasteiger partial charge in [-0.2, -0.15) is 0 Å². The SMILES string of the molecule is CCC(NCc1cncn1CC)C(C)C. The highest BCUT2D eigenvalue weighted by Gasteiger charge is 2.10. The Morgan fingerprint density at radius 3 is 2.67 bits per heavy atom. The van der Waals surface area contributed by atoms with Crippen LogP contribution in [-0.4, -0.2) is 15.6 Å². The molecule has 3 heteroatoms. The summed E-state index contributed by atoms with van der Waals surface area (Å²) in [6, 6.07) is 0.602. The maximum absolute atomic E-state index is 4.16. The zero-order valence-corrected chi connectivity index (χ0v) is 10.3. The second-order valence-corrected chi connectivity index (χ2v) is 4.31. The summed E-state index contributed by atoms with van der Waals surface area (Å²) in [6.07, 6.45) is 5.02. The zero-order chi connectivity index (χ0) is 11.3. The Labute approximate surface area is 92.9 Å². The van der Waals surface area contributed by atoms with Crippen molar-refractivity contribution in [3.63, 3.8) is 0 Å². The molecule has 1 aromatic rings. The van der Waals surface area contributed by atoms with Gasteiger partial charge in [-0.3, -0.25) is 0 Å². The predicted octanol–water partition coefficient (Wildman–Crippen LogP) is 2.43. The summed E-state index contributed by atoms with van der Waals surface area (Å²) in [7, 11) is 0. The smallest absolute Gasteiger partial charge is 0.0948 e. The molecule has 1 unspecified atom stereocenters. The molecule has 15 heavy (non-hydrogen) atoms. The average Bonchev–Trinajstić information content (AvgIpc) is 2.65. The molecule has 1 rings (SSSR count). The van der Waals surface area contributed by atoms with Crippen molar-refractivity contribution in [1.82, 2.24) is 14.9 Å². The largest absolute Gasteiger partial charge is 0.334 e. The van der Waals surface area contributed by atoms with Crippen LogP contribution >= 0.6 is 0 Å². The van der Waals surface area contributed by atoms with Gasteiger partial charge in [0.1, 0.15) is 0 Å². The summed E-state index contributed by atoms with van der Waals surface area (Å²) in [4.78, 5) is 4.16. The van der Waals surface area contributed by atoms with E-state index < -0.39 is 0 Å². The highest BCUT2D eigenvalue weighted by Crippen LogP contribution is 2.07. The molecule has 1 aromatic heterocycles. The molecule has 0 aromatic carbocycles. The van der Waals surface area contributed by atoms with Gasteiger partial charge < -0.3 is 9.88 Å². The van der Waals surface area contributed by atoms with Crippen LogP contribution in [0.2, 0.25) is 0 Å². The normalized spacial score (nSPS) is 13.4. The van der Waals surface area contributed by atoms with E-state index in [1.807, 2.05) is 12.5 Å². The second kappa shape index (κ2) is 5.91. The quantitative estimate of drug-likeness (QED) is 0.780. The highest BCUT2D eigenvalue weighted by atomic mass is 15.1. The van der Waals surface area contributed by atoms with Gasteiger partial charge in [0.25, 0.3) is 0 Å². The first-order chi connectivity index (χ1) is 7.19.